The Morgan fingerprint density at radius 2 is 1.95 bits per heavy atom. The summed E-state index contributed by atoms with van der Waals surface area (Å²) >= 11 is 0. The molecular formula is C13H15F3N2O3. The van der Waals surface area contributed by atoms with Gasteiger partial charge in [0.2, 0.25) is 5.91 Å². The minimum Gasteiger partial charge on any atom is -0.478 e. The van der Waals surface area contributed by atoms with Gasteiger partial charge in [-0.05, 0) is 25.1 Å². The number of aromatic carboxylic acids is 1. The molecule has 8 heteroatoms. The number of nitrogens with one attached hydrogen (secondary N) is 1. The van der Waals surface area contributed by atoms with Crippen LogP contribution in [-0.4, -0.2) is 37.1 Å². The van der Waals surface area contributed by atoms with Crippen molar-refractivity contribution in [2.75, 3.05) is 25.0 Å². The summed E-state index contributed by atoms with van der Waals surface area (Å²) in [5.74, 6) is -1.99. The van der Waals surface area contributed by atoms with Gasteiger partial charge in [0.05, 0.1) is 17.7 Å². The Morgan fingerprint density at radius 1 is 1.33 bits per heavy atom. The van der Waals surface area contributed by atoms with Crippen molar-refractivity contribution in [1.29, 1.82) is 0 Å². The monoisotopic (exact) mass is 304 g/mol. The average Bonchev–Trinajstić information content (AvgIpc) is 2.37. The van der Waals surface area contributed by atoms with Gasteiger partial charge in [0.1, 0.15) is 0 Å². The molecule has 0 heterocycles. The van der Waals surface area contributed by atoms with Crippen LogP contribution in [0.1, 0.15) is 22.8 Å². The lowest BCUT2D eigenvalue weighted by Gasteiger charge is -2.20. The van der Waals surface area contributed by atoms with Crippen LogP contribution in [-0.2, 0) is 11.0 Å². The summed E-state index contributed by atoms with van der Waals surface area (Å²) in [6.07, 6.45) is -4.78. The van der Waals surface area contributed by atoms with Gasteiger partial charge in [-0.3, -0.25) is 4.79 Å². The number of likely N-dealkylation sites (N-methyl/N-ethyl adjacent to an activating group) is 2. The van der Waals surface area contributed by atoms with Crippen LogP contribution in [0.4, 0.5) is 18.9 Å². The molecule has 0 saturated heterocycles. The first-order chi connectivity index (χ1) is 9.66. The molecule has 1 amide bonds. The molecule has 0 aromatic heterocycles. The first-order valence-electron chi connectivity index (χ1n) is 6.09. The zero-order chi connectivity index (χ0) is 16.2. The summed E-state index contributed by atoms with van der Waals surface area (Å²) in [5, 5.41) is 11.3. The molecule has 0 bridgehead atoms. The number of anilines is 1. The highest BCUT2D eigenvalue weighted by molar-refractivity contribution is 5.90. The quantitative estimate of drug-likeness (QED) is 0.872. The maximum atomic E-state index is 12.9. The van der Waals surface area contributed by atoms with Gasteiger partial charge in [-0.1, -0.05) is 0 Å². The van der Waals surface area contributed by atoms with E-state index >= 15 is 0 Å². The van der Waals surface area contributed by atoms with Crippen LogP contribution < -0.4 is 10.2 Å². The van der Waals surface area contributed by atoms with Gasteiger partial charge in [-0.2, -0.15) is 13.2 Å². The van der Waals surface area contributed by atoms with Crippen LogP contribution in [0.15, 0.2) is 18.2 Å². The molecule has 1 rings (SSSR count). The molecular weight excluding hydrogens is 289 g/mol. The second-order valence-corrected chi connectivity index (χ2v) is 4.34. The molecule has 0 fully saturated rings. The van der Waals surface area contributed by atoms with E-state index in [2.05, 4.69) is 5.32 Å². The topological polar surface area (TPSA) is 69.6 Å². The van der Waals surface area contributed by atoms with Crippen molar-refractivity contribution in [1.82, 2.24) is 5.32 Å². The molecule has 116 valence electrons. The number of alkyl halides is 3. The summed E-state index contributed by atoms with van der Waals surface area (Å²) in [6.45, 7) is 2.01. The maximum Gasteiger partial charge on any atom is 0.417 e. The lowest BCUT2D eigenvalue weighted by atomic mass is 10.1. The maximum absolute atomic E-state index is 12.9. The van der Waals surface area contributed by atoms with Crippen molar-refractivity contribution in [2.24, 2.45) is 0 Å². The highest BCUT2D eigenvalue weighted by atomic mass is 19.4. The number of carboxylic acids is 1. The van der Waals surface area contributed by atoms with Crippen molar-refractivity contribution in [3.05, 3.63) is 29.3 Å². The van der Waals surface area contributed by atoms with Crippen LogP contribution >= 0.6 is 0 Å². The highest BCUT2D eigenvalue weighted by Gasteiger charge is 2.35. The fraction of sp³-hybridized carbons (Fsp3) is 0.385. The van der Waals surface area contributed by atoms with Crippen molar-refractivity contribution in [3.63, 3.8) is 0 Å². The molecule has 1 aromatic carbocycles. The lowest BCUT2D eigenvalue weighted by molar-refractivity contribution is -0.138. The van der Waals surface area contributed by atoms with E-state index in [1.54, 1.807) is 6.92 Å². The first kappa shape index (κ1) is 16.8. The molecule has 0 aliphatic rings. The number of carboxylic acid groups (broad SMARTS) is 1. The minimum absolute atomic E-state index is 0.110. The van der Waals surface area contributed by atoms with Crippen LogP contribution in [0.25, 0.3) is 0 Å². The predicted molar refractivity (Wildman–Crippen MR) is 70.4 cm³/mol. The van der Waals surface area contributed by atoms with Crippen LogP contribution in [0, 0.1) is 0 Å². The third-order valence-electron chi connectivity index (χ3n) is 2.73. The van der Waals surface area contributed by atoms with Crippen LogP contribution in [0.2, 0.25) is 0 Å². The Morgan fingerprint density at radius 3 is 2.43 bits per heavy atom. The molecule has 0 spiro atoms. The molecule has 0 radical (unpaired) electrons. The molecule has 21 heavy (non-hydrogen) atoms. The SMILES string of the molecule is CCNC(=O)CN(C)c1ccc(C(=O)O)c(C(F)(F)F)c1. The number of carbonyl (C=O) groups excluding carboxylic acids is 1. The molecule has 0 aliphatic carbocycles. The van der Waals surface area contributed by atoms with E-state index in [0.717, 1.165) is 12.1 Å². The second kappa shape index (κ2) is 6.47. The van der Waals surface area contributed by atoms with E-state index in [0.29, 0.717) is 6.54 Å². The summed E-state index contributed by atoms with van der Waals surface area (Å²) in [6, 6.07) is 2.84. The van der Waals surface area contributed by atoms with E-state index in [1.807, 2.05) is 0 Å². The molecule has 0 atom stereocenters. The molecule has 0 saturated carbocycles. The highest BCUT2D eigenvalue weighted by Crippen LogP contribution is 2.34. The van der Waals surface area contributed by atoms with Crippen molar-refractivity contribution >= 4 is 17.6 Å². The summed E-state index contributed by atoms with van der Waals surface area (Å²) < 4.78 is 38.6. The Labute approximate surface area is 119 Å². The number of carbonyl (C=O) groups is 2. The summed E-state index contributed by atoms with van der Waals surface area (Å²) in [4.78, 5) is 23.6. The second-order valence-electron chi connectivity index (χ2n) is 4.34. The molecule has 0 aliphatic heterocycles. The van der Waals surface area contributed by atoms with E-state index in [4.69, 9.17) is 5.11 Å². The summed E-state index contributed by atoms with van der Waals surface area (Å²) in [7, 11) is 1.45. The fourth-order valence-corrected chi connectivity index (χ4v) is 1.75. The van der Waals surface area contributed by atoms with Crippen LogP contribution in [0.5, 0.6) is 0 Å². The van der Waals surface area contributed by atoms with E-state index in [1.165, 1.54) is 18.0 Å². The van der Waals surface area contributed by atoms with Crippen molar-refractivity contribution < 1.29 is 27.9 Å². The van der Waals surface area contributed by atoms with Crippen molar-refractivity contribution in [3.8, 4) is 0 Å². The van der Waals surface area contributed by atoms with Gasteiger partial charge in [0, 0.05) is 19.3 Å². The standard InChI is InChI=1S/C13H15F3N2O3/c1-3-17-11(19)7-18(2)8-4-5-9(12(20)21)10(6-8)13(14,15)16/h4-6H,3,7H2,1-2H3,(H,17,19)(H,20,21). The van der Waals surface area contributed by atoms with E-state index < -0.39 is 23.3 Å². The number of hydrogen-bond donors (Lipinski definition) is 2. The van der Waals surface area contributed by atoms with Crippen molar-refractivity contribution in [2.45, 2.75) is 13.1 Å². The molecule has 5 nitrogen and oxygen atoms in total. The minimum atomic E-state index is -4.78. The molecule has 1 aromatic rings. The summed E-state index contributed by atoms with van der Waals surface area (Å²) in [5.41, 5.74) is -1.95. The zero-order valence-electron chi connectivity index (χ0n) is 11.5. The average molecular weight is 304 g/mol. The number of nitrogens with zero attached hydrogens (tertiary/aromatic N) is 1. The van der Waals surface area contributed by atoms with E-state index in [9.17, 15) is 22.8 Å². The third-order valence-corrected chi connectivity index (χ3v) is 2.73. The normalized spacial score (nSPS) is 11.1. The number of halogens is 3. The molecule has 0 unspecified atom stereocenters. The van der Waals surface area contributed by atoms with Gasteiger partial charge >= 0.3 is 12.1 Å². The van der Waals surface area contributed by atoms with Crippen LogP contribution in [0.3, 0.4) is 0 Å². The zero-order valence-corrected chi connectivity index (χ0v) is 11.5. The number of benzene rings is 1. The predicted octanol–water partition coefficient (Wildman–Crippen LogP) is 1.98. The molecule has 2 N–H and O–H groups in total. The Balaban J connectivity index is 3.11. The first-order valence-corrected chi connectivity index (χ1v) is 6.09. The van der Waals surface area contributed by atoms with Gasteiger partial charge in [0.15, 0.2) is 0 Å². The fourth-order valence-electron chi connectivity index (χ4n) is 1.75. The van der Waals surface area contributed by atoms with E-state index in [-0.39, 0.29) is 18.1 Å². The van der Waals surface area contributed by atoms with Gasteiger partial charge in [-0.15, -0.1) is 0 Å². The lowest BCUT2D eigenvalue weighted by Crippen LogP contribution is -2.35. The van der Waals surface area contributed by atoms with Gasteiger partial charge < -0.3 is 15.3 Å². The van der Waals surface area contributed by atoms with Gasteiger partial charge in [0.25, 0.3) is 0 Å². The Kier molecular flexibility index (Phi) is 5.17. The largest absolute Gasteiger partial charge is 0.478 e. The number of amides is 1. The third kappa shape index (κ3) is 4.37. The Bertz CT molecular complexity index is 544. The Hall–Kier alpha value is -2.25. The smallest absolute Gasteiger partial charge is 0.417 e. The van der Waals surface area contributed by atoms with Gasteiger partial charge in [-0.25, -0.2) is 4.79 Å². The number of hydrogen-bond acceptors (Lipinski definition) is 3. The number of rotatable bonds is 5.